The van der Waals surface area contributed by atoms with Crippen LogP contribution in [0.15, 0.2) is 28.8 Å². The van der Waals surface area contributed by atoms with E-state index in [1.165, 1.54) is 0 Å². The summed E-state index contributed by atoms with van der Waals surface area (Å²) in [5.74, 6) is 1.75. The van der Waals surface area contributed by atoms with Crippen molar-refractivity contribution in [2.75, 3.05) is 0 Å². The van der Waals surface area contributed by atoms with E-state index in [0.29, 0.717) is 17.4 Å². The van der Waals surface area contributed by atoms with E-state index in [0.717, 1.165) is 49.2 Å². The normalized spacial score (nSPS) is 16.0. The average molecular weight is 382 g/mol. The Morgan fingerprint density at radius 2 is 1.93 bits per heavy atom. The standard InChI is InChI=1S/C20H26N6O2/c1-4-16-17(18-22-19(24-28-18)20(21)11-5-6-12-20)23-25-26(16)14-7-9-15(10-8-14)27-13(2)3/h7-10,13H,4-6,11-12,21H2,1-3H3. The zero-order chi connectivity index (χ0) is 19.7. The molecule has 1 fully saturated rings. The molecule has 1 aliphatic rings. The first-order valence-corrected chi connectivity index (χ1v) is 9.85. The number of nitrogens with zero attached hydrogens (tertiary/aromatic N) is 5. The van der Waals surface area contributed by atoms with Crippen LogP contribution in [-0.2, 0) is 12.0 Å². The third-order valence-electron chi connectivity index (χ3n) is 5.12. The minimum absolute atomic E-state index is 0.132. The van der Waals surface area contributed by atoms with E-state index < -0.39 is 5.54 Å². The molecule has 1 aliphatic carbocycles. The molecule has 0 aliphatic heterocycles. The van der Waals surface area contributed by atoms with Gasteiger partial charge in [0.15, 0.2) is 11.5 Å². The highest BCUT2D eigenvalue weighted by molar-refractivity contribution is 5.52. The zero-order valence-corrected chi connectivity index (χ0v) is 16.6. The SMILES string of the molecule is CCc1c(-c2nc(C3(N)CCCC3)no2)nnn1-c1ccc(OC(C)C)cc1. The van der Waals surface area contributed by atoms with Gasteiger partial charge < -0.3 is 15.0 Å². The lowest BCUT2D eigenvalue weighted by molar-refractivity contribution is 0.242. The Labute approximate surface area is 164 Å². The lowest BCUT2D eigenvalue weighted by Crippen LogP contribution is -2.34. The summed E-state index contributed by atoms with van der Waals surface area (Å²) in [6, 6.07) is 7.78. The van der Waals surface area contributed by atoms with Crippen molar-refractivity contribution in [3.8, 4) is 23.0 Å². The minimum Gasteiger partial charge on any atom is -0.491 e. The van der Waals surface area contributed by atoms with Crippen LogP contribution in [-0.4, -0.2) is 31.2 Å². The van der Waals surface area contributed by atoms with Gasteiger partial charge in [-0.25, -0.2) is 4.68 Å². The maximum atomic E-state index is 6.45. The molecule has 0 radical (unpaired) electrons. The van der Waals surface area contributed by atoms with E-state index in [1.54, 1.807) is 4.68 Å². The average Bonchev–Trinajstić information content (AvgIpc) is 3.40. The second-order valence-electron chi connectivity index (χ2n) is 7.60. The lowest BCUT2D eigenvalue weighted by Gasteiger charge is -2.17. The van der Waals surface area contributed by atoms with Gasteiger partial charge in [-0.2, -0.15) is 4.98 Å². The van der Waals surface area contributed by atoms with Crippen LogP contribution < -0.4 is 10.5 Å². The fraction of sp³-hybridized carbons (Fsp3) is 0.500. The van der Waals surface area contributed by atoms with Crippen molar-refractivity contribution >= 4 is 0 Å². The van der Waals surface area contributed by atoms with Crippen molar-refractivity contribution in [3.05, 3.63) is 35.8 Å². The van der Waals surface area contributed by atoms with E-state index in [2.05, 4.69) is 20.5 Å². The number of hydrogen-bond donors (Lipinski definition) is 1. The van der Waals surface area contributed by atoms with Crippen LogP contribution in [0.1, 0.15) is 58.0 Å². The molecular weight excluding hydrogens is 356 g/mol. The summed E-state index contributed by atoms with van der Waals surface area (Å²) in [5, 5.41) is 12.8. The number of benzene rings is 1. The molecule has 4 rings (SSSR count). The van der Waals surface area contributed by atoms with Crippen LogP contribution in [0.3, 0.4) is 0 Å². The van der Waals surface area contributed by atoms with Gasteiger partial charge in [0.05, 0.1) is 23.0 Å². The largest absolute Gasteiger partial charge is 0.491 e. The third-order valence-corrected chi connectivity index (χ3v) is 5.12. The van der Waals surface area contributed by atoms with Crippen LogP contribution in [0.5, 0.6) is 5.75 Å². The Bertz CT molecular complexity index is 938. The first-order chi connectivity index (χ1) is 13.5. The van der Waals surface area contributed by atoms with Gasteiger partial charge in [-0.1, -0.05) is 30.1 Å². The zero-order valence-electron chi connectivity index (χ0n) is 16.6. The Morgan fingerprint density at radius 3 is 2.57 bits per heavy atom. The second kappa shape index (κ2) is 7.35. The van der Waals surface area contributed by atoms with Crippen LogP contribution in [0, 0.1) is 0 Å². The van der Waals surface area contributed by atoms with E-state index in [-0.39, 0.29) is 6.10 Å². The molecule has 0 unspecified atom stereocenters. The Hall–Kier alpha value is -2.74. The molecule has 8 nitrogen and oxygen atoms in total. The third kappa shape index (κ3) is 3.40. The van der Waals surface area contributed by atoms with Crippen LogP contribution in [0.25, 0.3) is 17.3 Å². The maximum absolute atomic E-state index is 6.45. The maximum Gasteiger partial charge on any atom is 0.280 e. The van der Waals surface area contributed by atoms with Gasteiger partial charge in [-0.05, 0) is 57.4 Å². The van der Waals surface area contributed by atoms with Gasteiger partial charge in [0.2, 0.25) is 0 Å². The van der Waals surface area contributed by atoms with E-state index in [1.807, 2.05) is 45.0 Å². The molecule has 2 N–H and O–H groups in total. The fourth-order valence-corrected chi connectivity index (χ4v) is 3.68. The lowest BCUT2D eigenvalue weighted by atomic mass is 9.99. The van der Waals surface area contributed by atoms with Gasteiger partial charge in [0.25, 0.3) is 5.89 Å². The first kappa shape index (κ1) is 18.6. The second-order valence-corrected chi connectivity index (χ2v) is 7.60. The molecule has 8 heteroatoms. The molecule has 0 spiro atoms. The summed E-state index contributed by atoms with van der Waals surface area (Å²) in [7, 11) is 0. The van der Waals surface area contributed by atoms with E-state index in [4.69, 9.17) is 15.0 Å². The Balaban J connectivity index is 1.64. The van der Waals surface area contributed by atoms with Crippen molar-refractivity contribution in [1.82, 2.24) is 25.1 Å². The fourth-order valence-electron chi connectivity index (χ4n) is 3.68. The summed E-state index contributed by atoms with van der Waals surface area (Å²) in [4.78, 5) is 4.56. The number of hydrogen-bond acceptors (Lipinski definition) is 7. The predicted molar refractivity (Wildman–Crippen MR) is 104 cm³/mol. The predicted octanol–water partition coefficient (Wildman–Crippen LogP) is 3.39. The quantitative estimate of drug-likeness (QED) is 0.696. The van der Waals surface area contributed by atoms with Crippen LogP contribution in [0.4, 0.5) is 0 Å². The monoisotopic (exact) mass is 382 g/mol. The highest BCUT2D eigenvalue weighted by atomic mass is 16.5. The molecule has 0 atom stereocenters. The van der Waals surface area contributed by atoms with Crippen molar-refractivity contribution < 1.29 is 9.26 Å². The number of nitrogens with two attached hydrogens (primary N) is 1. The number of rotatable bonds is 6. The molecule has 1 aromatic carbocycles. The molecule has 148 valence electrons. The summed E-state index contributed by atoms with van der Waals surface area (Å²) >= 11 is 0. The van der Waals surface area contributed by atoms with Crippen molar-refractivity contribution in [1.29, 1.82) is 0 Å². The molecule has 1 saturated carbocycles. The molecule has 28 heavy (non-hydrogen) atoms. The number of aromatic nitrogens is 5. The van der Waals surface area contributed by atoms with Crippen molar-refractivity contribution in [2.45, 2.75) is 64.5 Å². The summed E-state index contributed by atoms with van der Waals surface area (Å²) in [5.41, 5.74) is 8.37. The van der Waals surface area contributed by atoms with E-state index in [9.17, 15) is 0 Å². The topological polar surface area (TPSA) is 105 Å². The van der Waals surface area contributed by atoms with Crippen LogP contribution in [0.2, 0.25) is 0 Å². The van der Waals surface area contributed by atoms with Crippen LogP contribution >= 0.6 is 0 Å². The molecule has 2 heterocycles. The summed E-state index contributed by atoms with van der Waals surface area (Å²) in [6.07, 6.45) is 4.79. The van der Waals surface area contributed by atoms with Gasteiger partial charge in [0.1, 0.15) is 5.75 Å². The smallest absolute Gasteiger partial charge is 0.280 e. The number of ether oxygens (including phenoxy) is 1. The summed E-state index contributed by atoms with van der Waals surface area (Å²) < 4.78 is 13.0. The van der Waals surface area contributed by atoms with Gasteiger partial charge in [0, 0.05) is 0 Å². The Kier molecular flexibility index (Phi) is 4.89. The van der Waals surface area contributed by atoms with Gasteiger partial charge >= 0.3 is 0 Å². The molecule has 0 amide bonds. The molecule has 2 aromatic heterocycles. The van der Waals surface area contributed by atoms with Gasteiger partial charge in [-0.3, -0.25) is 0 Å². The van der Waals surface area contributed by atoms with Crippen molar-refractivity contribution in [3.63, 3.8) is 0 Å². The minimum atomic E-state index is -0.490. The first-order valence-electron chi connectivity index (χ1n) is 9.85. The van der Waals surface area contributed by atoms with Crippen molar-refractivity contribution in [2.24, 2.45) is 5.73 Å². The molecule has 0 bridgehead atoms. The summed E-state index contributed by atoms with van der Waals surface area (Å²) in [6.45, 7) is 6.05. The highest BCUT2D eigenvalue weighted by Gasteiger charge is 2.36. The van der Waals surface area contributed by atoms with Gasteiger partial charge in [-0.15, -0.1) is 5.10 Å². The highest BCUT2D eigenvalue weighted by Crippen LogP contribution is 2.35. The van der Waals surface area contributed by atoms with E-state index >= 15 is 0 Å². The molecule has 3 aromatic rings. The Morgan fingerprint density at radius 1 is 1.21 bits per heavy atom. The molecular formula is C20H26N6O2. The molecule has 0 saturated heterocycles.